The van der Waals surface area contributed by atoms with Gasteiger partial charge in [0.15, 0.2) is 0 Å². The minimum absolute atomic E-state index is 0.00728. The summed E-state index contributed by atoms with van der Waals surface area (Å²) in [7, 11) is 8.40. The zero-order valence-corrected chi connectivity index (χ0v) is 29.9. The number of aromatic nitrogens is 4. The van der Waals surface area contributed by atoms with Gasteiger partial charge in [-0.15, -0.1) is 0 Å². The van der Waals surface area contributed by atoms with Gasteiger partial charge in [-0.05, 0) is 78.4 Å². The first kappa shape index (κ1) is 32.0. The topological polar surface area (TPSA) is 51.4 Å². The molecule has 3 aromatic heterocycles. The van der Waals surface area contributed by atoms with Crippen LogP contribution in [0.2, 0.25) is 0 Å². The molecule has 0 fully saturated rings. The zero-order valence-electron chi connectivity index (χ0n) is 29.9. The molecule has 7 aromatic rings. The third-order valence-corrected chi connectivity index (χ3v) is 9.22. The summed E-state index contributed by atoms with van der Waals surface area (Å²) in [5.41, 5.74) is 11.4. The maximum atomic E-state index is 6.55. The minimum Gasteiger partial charge on any atom is -0.457 e. The second-order valence-electron chi connectivity index (χ2n) is 14.3. The molecule has 0 bridgehead atoms. The molecule has 0 spiro atoms. The summed E-state index contributed by atoms with van der Waals surface area (Å²) in [6.07, 6.45) is 5.97. The largest absolute Gasteiger partial charge is 0.457 e. The molecule has 4 aromatic carbocycles. The van der Waals surface area contributed by atoms with Crippen molar-refractivity contribution in [1.29, 1.82) is 0 Å². The number of rotatable bonds is 7. The maximum absolute atomic E-state index is 6.55. The summed E-state index contributed by atoms with van der Waals surface area (Å²) in [5.74, 6) is 2.38. The summed E-state index contributed by atoms with van der Waals surface area (Å²) >= 11 is 0. The van der Waals surface area contributed by atoms with E-state index in [0.29, 0.717) is 0 Å². The molecule has 0 amide bonds. The van der Waals surface area contributed by atoms with Crippen LogP contribution in [0.3, 0.4) is 0 Å². The van der Waals surface area contributed by atoms with Gasteiger partial charge in [-0.25, -0.2) is 9.67 Å². The second-order valence-corrected chi connectivity index (χ2v) is 14.3. The number of nitrogens with zero attached hydrogens (tertiary/aromatic N) is 6. The molecule has 0 aliphatic carbocycles. The van der Waals surface area contributed by atoms with Crippen LogP contribution in [0.25, 0.3) is 44.4 Å². The Labute approximate surface area is 289 Å². The first-order valence-corrected chi connectivity index (χ1v) is 16.7. The van der Waals surface area contributed by atoms with Gasteiger partial charge in [0.1, 0.15) is 17.3 Å². The van der Waals surface area contributed by atoms with Crippen LogP contribution in [-0.2, 0) is 5.41 Å². The maximum Gasteiger partial charge on any atom is 0.137 e. The fraction of sp³-hybridized carbons (Fsp3) is 0.238. The lowest BCUT2D eigenvalue weighted by molar-refractivity contribution is 0.483. The van der Waals surface area contributed by atoms with E-state index >= 15 is 0 Å². The number of aryl methyl sites for hydroxylation is 2. The molecule has 0 aliphatic rings. The van der Waals surface area contributed by atoms with Gasteiger partial charge in [0.2, 0.25) is 0 Å². The van der Waals surface area contributed by atoms with E-state index in [1.165, 1.54) is 39.0 Å². The number of hydrogen-bond acceptors (Lipinski definition) is 5. The van der Waals surface area contributed by atoms with Crippen molar-refractivity contribution in [3.8, 4) is 34.1 Å². The van der Waals surface area contributed by atoms with Crippen LogP contribution in [0.15, 0.2) is 104 Å². The van der Waals surface area contributed by atoms with E-state index < -0.39 is 0 Å². The lowest BCUT2D eigenvalue weighted by atomic mass is 9.88. The van der Waals surface area contributed by atoms with Gasteiger partial charge in [0.25, 0.3) is 0 Å². The molecule has 7 nitrogen and oxygen atoms in total. The highest BCUT2D eigenvalue weighted by Crippen LogP contribution is 2.43. The van der Waals surface area contributed by atoms with Gasteiger partial charge in [-0.2, -0.15) is 5.10 Å². The van der Waals surface area contributed by atoms with Crippen molar-refractivity contribution < 1.29 is 4.74 Å². The quantitative estimate of drug-likeness (QED) is 0.172. The number of anilines is 2. The number of pyridine rings is 1. The van der Waals surface area contributed by atoms with E-state index in [4.69, 9.17) is 14.8 Å². The van der Waals surface area contributed by atoms with Crippen molar-refractivity contribution >= 4 is 33.2 Å². The van der Waals surface area contributed by atoms with Gasteiger partial charge >= 0.3 is 0 Å². The SMILES string of the molecule is Cc1cc(C)c(N(C)C)c(-c2cnn(-c3cccc(Oc4ccc5c6ccccc6n(-c6cc(C(C)(C)C)ccn6)c5c4)c3)c2)c1N(C)C. The molecule has 248 valence electrons. The van der Waals surface area contributed by atoms with Crippen LogP contribution >= 0.6 is 0 Å². The molecular weight excluding hydrogens is 605 g/mol. The summed E-state index contributed by atoms with van der Waals surface area (Å²) in [4.78, 5) is 9.21. The number of ether oxygens (including phenoxy) is 1. The lowest BCUT2D eigenvalue weighted by Gasteiger charge is -2.27. The number of benzene rings is 4. The predicted molar refractivity (Wildman–Crippen MR) is 204 cm³/mol. The molecule has 0 unspecified atom stereocenters. The molecule has 0 radical (unpaired) electrons. The van der Waals surface area contributed by atoms with Crippen molar-refractivity contribution in [3.05, 3.63) is 120 Å². The van der Waals surface area contributed by atoms with Gasteiger partial charge in [0, 0.05) is 86.0 Å². The Balaban J connectivity index is 1.27. The zero-order chi connectivity index (χ0) is 34.6. The van der Waals surface area contributed by atoms with Crippen LogP contribution in [0.5, 0.6) is 11.5 Å². The highest BCUT2D eigenvalue weighted by molar-refractivity contribution is 6.09. The highest BCUT2D eigenvalue weighted by Gasteiger charge is 2.21. The summed E-state index contributed by atoms with van der Waals surface area (Å²) in [5, 5.41) is 7.16. The van der Waals surface area contributed by atoms with E-state index in [9.17, 15) is 0 Å². The molecule has 0 aliphatic heterocycles. The van der Waals surface area contributed by atoms with E-state index in [0.717, 1.165) is 45.0 Å². The predicted octanol–water partition coefficient (Wildman–Crippen LogP) is 9.87. The van der Waals surface area contributed by atoms with Crippen molar-refractivity contribution in [1.82, 2.24) is 19.3 Å². The summed E-state index contributed by atoms with van der Waals surface area (Å²) < 4.78 is 10.7. The standard InChI is InChI=1S/C42H44N6O/c1-27-21-28(2)41(46(8)9)39(40(27)45(6)7)29-25-44-47(26-29)31-13-12-14-32(23-31)49-33-17-18-35-34-15-10-11-16-36(34)48(37(35)24-33)38-22-30(19-20-43-38)42(3,4)5/h10-26H,1-9H3. The first-order chi connectivity index (χ1) is 23.4. The van der Waals surface area contributed by atoms with Crippen LogP contribution in [0.4, 0.5) is 11.4 Å². The fourth-order valence-electron chi connectivity index (χ4n) is 7.08. The van der Waals surface area contributed by atoms with E-state index in [1.807, 2.05) is 41.3 Å². The van der Waals surface area contributed by atoms with Gasteiger partial charge < -0.3 is 14.5 Å². The van der Waals surface area contributed by atoms with Gasteiger partial charge in [-0.3, -0.25) is 4.57 Å². The molecule has 7 heteroatoms. The molecule has 0 saturated carbocycles. The van der Waals surface area contributed by atoms with Crippen LogP contribution in [-0.4, -0.2) is 47.5 Å². The average Bonchev–Trinajstić information content (AvgIpc) is 3.67. The third-order valence-electron chi connectivity index (χ3n) is 9.22. The number of fused-ring (bicyclic) bond motifs is 3. The Morgan fingerprint density at radius 1 is 0.694 bits per heavy atom. The number of para-hydroxylation sites is 1. The highest BCUT2D eigenvalue weighted by atomic mass is 16.5. The van der Waals surface area contributed by atoms with Crippen molar-refractivity contribution in [2.75, 3.05) is 38.0 Å². The average molecular weight is 649 g/mol. The van der Waals surface area contributed by atoms with E-state index in [-0.39, 0.29) is 5.41 Å². The normalized spacial score (nSPS) is 11.8. The molecule has 7 rings (SSSR count). The summed E-state index contributed by atoms with van der Waals surface area (Å²) in [6, 6.07) is 29.5. The van der Waals surface area contributed by atoms with Crippen LogP contribution in [0.1, 0.15) is 37.5 Å². The molecule has 0 atom stereocenters. The van der Waals surface area contributed by atoms with Crippen molar-refractivity contribution in [2.24, 2.45) is 0 Å². The van der Waals surface area contributed by atoms with Crippen LogP contribution in [0, 0.1) is 13.8 Å². The van der Waals surface area contributed by atoms with Crippen LogP contribution < -0.4 is 14.5 Å². The van der Waals surface area contributed by atoms with Crippen molar-refractivity contribution in [2.45, 2.75) is 40.0 Å². The molecule has 49 heavy (non-hydrogen) atoms. The van der Waals surface area contributed by atoms with Crippen molar-refractivity contribution in [3.63, 3.8) is 0 Å². The smallest absolute Gasteiger partial charge is 0.137 e. The Morgan fingerprint density at radius 2 is 1.39 bits per heavy atom. The first-order valence-electron chi connectivity index (χ1n) is 16.7. The van der Waals surface area contributed by atoms with Gasteiger partial charge in [0.05, 0.1) is 22.9 Å². The molecular formula is C42H44N6O. The van der Waals surface area contributed by atoms with Gasteiger partial charge in [-0.1, -0.05) is 51.1 Å². The Kier molecular flexibility index (Phi) is 7.94. The second kappa shape index (κ2) is 12.2. The van der Waals surface area contributed by atoms with E-state index in [2.05, 4.69) is 144 Å². The van der Waals surface area contributed by atoms with E-state index in [1.54, 1.807) is 0 Å². The monoisotopic (exact) mass is 648 g/mol. The Morgan fingerprint density at radius 3 is 2.10 bits per heavy atom. The molecule has 0 N–H and O–H groups in total. The number of hydrogen-bond donors (Lipinski definition) is 0. The minimum atomic E-state index is 0.00728. The Bertz CT molecular complexity index is 2300. The molecule has 0 saturated heterocycles. The fourth-order valence-corrected chi connectivity index (χ4v) is 7.08. The third kappa shape index (κ3) is 5.79. The molecule has 3 heterocycles. The summed E-state index contributed by atoms with van der Waals surface area (Å²) in [6.45, 7) is 11.0. The lowest BCUT2D eigenvalue weighted by Crippen LogP contribution is -2.17. The Hall–Kier alpha value is -5.56.